The molecule has 2 fully saturated rings. The van der Waals surface area contributed by atoms with Crippen LogP contribution >= 0.6 is 0 Å². The Bertz CT molecular complexity index is 1020. The fraction of sp³-hybridized carbons (Fsp3) is 0.733. The van der Waals surface area contributed by atoms with Gasteiger partial charge >= 0.3 is 0 Å². The summed E-state index contributed by atoms with van der Waals surface area (Å²) in [6.45, 7) is 11.3. The summed E-state index contributed by atoms with van der Waals surface area (Å²) < 4.78 is 33.7. The van der Waals surface area contributed by atoms with Crippen LogP contribution in [-0.2, 0) is 24.4 Å². The Labute approximate surface area is 311 Å². The first-order valence-corrected chi connectivity index (χ1v) is 21.0. The largest absolute Gasteiger partial charge is 0.494 e. The molecule has 0 saturated carbocycles. The monoisotopic (exact) mass is 709 g/mol. The second kappa shape index (κ2) is 25.8. The van der Waals surface area contributed by atoms with Gasteiger partial charge in [-0.25, -0.2) is 0 Å². The van der Waals surface area contributed by atoms with Crippen molar-refractivity contribution in [2.45, 2.75) is 160 Å². The molecule has 2 aromatic rings. The minimum atomic E-state index is -0.0867. The first-order chi connectivity index (χ1) is 25.1. The van der Waals surface area contributed by atoms with Crippen LogP contribution in [0.2, 0.25) is 0 Å². The molecule has 288 valence electrons. The van der Waals surface area contributed by atoms with Crippen molar-refractivity contribution in [2.75, 3.05) is 52.9 Å². The molecule has 6 nitrogen and oxygen atoms in total. The van der Waals surface area contributed by atoms with Crippen LogP contribution in [0, 0.1) is 0 Å². The normalized spacial score (nSPS) is 16.7. The fourth-order valence-corrected chi connectivity index (χ4v) is 6.68. The molecule has 0 spiro atoms. The van der Waals surface area contributed by atoms with Gasteiger partial charge in [-0.2, -0.15) is 0 Å². The van der Waals surface area contributed by atoms with E-state index in [4.69, 9.17) is 28.4 Å². The Morgan fingerprint density at radius 3 is 1.00 bits per heavy atom. The molecule has 0 aromatic heterocycles. The molecule has 6 heteroatoms. The number of unbranched alkanes of at least 4 members (excludes halogenated alkanes) is 18. The third kappa shape index (κ3) is 19.5. The summed E-state index contributed by atoms with van der Waals surface area (Å²) in [6, 6.07) is 17.4. The summed E-state index contributed by atoms with van der Waals surface area (Å²) >= 11 is 0. The molecule has 2 atom stereocenters. The average molecular weight is 709 g/mol. The maximum Gasteiger partial charge on any atom is 0.119 e. The second-order valence-electron chi connectivity index (χ2n) is 15.5. The Kier molecular flexibility index (Phi) is 21.1. The molecule has 2 saturated heterocycles. The lowest BCUT2D eigenvalue weighted by molar-refractivity contribution is 0.113. The quantitative estimate of drug-likeness (QED) is 0.0533. The second-order valence-corrected chi connectivity index (χ2v) is 15.5. The molecular weight excluding hydrogens is 636 g/mol. The van der Waals surface area contributed by atoms with Crippen molar-refractivity contribution in [1.82, 2.24) is 0 Å². The molecule has 2 aromatic carbocycles. The van der Waals surface area contributed by atoms with Gasteiger partial charge in [0, 0.05) is 18.6 Å². The van der Waals surface area contributed by atoms with Crippen molar-refractivity contribution in [3.8, 4) is 11.5 Å². The van der Waals surface area contributed by atoms with Crippen LogP contribution < -0.4 is 9.47 Å². The highest BCUT2D eigenvalue weighted by Gasteiger charge is 2.24. The van der Waals surface area contributed by atoms with Crippen LogP contribution in [-0.4, -0.2) is 65.1 Å². The predicted octanol–water partition coefficient (Wildman–Crippen LogP) is 11.4. The molecule has 2 aliphatic heterocycles. The summed E-state index contributed by atoms with van der Waals surface area (Å²) in [7, 11) is 0. The van der Waals surface area contributed by atoms with Crippen molar-refractivity contribution in [3.05, 3.63) is 59.7 Å². The third-order valence-corrected chi connectivity index (χ3v) is 10.5. The number of hydrogen-bond donors (Lipinski definition) is 0. The molecule has 2 aliphatic rings. The number of hydrogen-bond acceptors (Lipinski definition) is 6. The van der Waals surface area contributed by atoms with Gasteiger partial charge < -0.3 is 28.4 Å². The van der Waals surface area contributed by atoms with Crippen LogP contribution in [0.4, 0.5) is 0 Å². The van der Waals surface area contributed by atoms with E-state index in [0.717, 1.165) is 77.2 Å². The molecule has 51 heavy (non-hydrogen) atoms. The van der Waals surface area contributed by atoms with E-state index in [1.165, 1.54) is 127 Å². The molecule has 0 bridgehead atoms. The van der Waals surface area contributed by atoms with Crippen molar-refractivity contribution in [2.24, 2.45) is 0 Å². The highest BCUT2D eigenvalue weighted by atomic mass is 16.6. The summed E-state index contributed by atoms with van der Waals surface area (Å²) in [4.78, 5) is 0. The Balaban J connectivity index is 0.939. The summed E-state index contributed by atoms with van der Waals surface area (Å²) in [5.74, 6) is 1.94. The Morgan fingerprint density at radius 1 is 0.431 bits per heavy atom. The lowest BCUT2D eigenvalue weighted by Crippen LogP contribution is -2.18. The highest BCUT2D eigenvalue weighted by molar-refractivity contribution is 5.41. The van der Waals surface area contributed by atoms with Crippen molar-refractivity contribution in [1.29, 1.82) is 0 Å². The van der Waals surface area contributed by atoms with Gasteiger partial charge in [-0.1, -0.05) is 141 Å². The van der Waals surface area contributed by atoms with Gasteiger partial charge in [0.25, 0.3) is 0 Å². The van der Waals surface area contributed by atoms with Crippen molar-refractivity contribution < 1.29 is 28.4 Å². The molecule has 0 radical (unpaired) electrons. The van der Waals surface area contributed by atoms with E-state index in [-0.39, 0.29) is 5.41 Å². The van der Waals surface area contributed by atoms with Crippen molar-refractivity contribution in [3.63, 3.8) is 0 Å². The molecule has 4 rings (SSSR count). The van der Waals surface area contributed by atoms with Crippen molar-refractivity contribution >= 4 is 0 Å². The van der Waals surface area contributed by atoms with Crippen LogP contribution in [0.25, 0.3) is 0 Å². The van der Waals surface area contributed by atoms with Gasteiger partial charge in [0.2, 0.25) is 0 Å². The minimum Gasteiger partial charge on any atom is -0.494 e. The Morgan fingerprint density at radius 2 is 0.706 bits per heavy atom. The van der Waals surface area contributed by atoms with Gasteiger partial charge in [0.05, 0.1) is 39.6 Å². The van der Waals surface area contributed by atoms with Gasteiger partial charge in [0.1, 0.15) is 23.7 Å². The molecule has 0 amide bonds. The SMILES string of the molecule is CC(C)(c1ccc(OCCCCCCCCCCCCOCC2CO2)cc1)c1ccc(OCCCCCCCCCCCCOCC2CO2)cc1. The smallest absolute Gasteiger partial charge is 0.119 e. The molecule has 2 unspecified atom stereocenters. The summed E-state index contributed by atoms with van der Waals surface area (Å²) in [5, 5.41) is 0. The van der Waals surface area contributed by atoms with E-state index in [9.17, 15) is 0 Å². The zero-order chi connectivity index (χ0) is 35.7. The topological polar surface area (TPSA) is 62.0 Å². The summed E-state index contributed by atoms with van der Waals surface area (Å²) in [5.41, 5.74) is 2.51. The minimum absolute atomic E-state index is 0.0867. The number of epoxide rings is 2. The molecular formula is C45H72O6. The van der Waals surface area contributed by atoms with Crippen LogP contribution in [0.1, 0.15) is 153 Å². The van der Waals surface area contributed by atoms with Gasteiger partial charge in [-0.3, -0.25) is 0 Å². The zero-order valence-electron chi connectivity index (χ0n) is 32.5. The fourth-order valence-electron chi connectivity index (χ4n) is 6.68. The lowest BCUT2D eigenvalue weighted by atomic mass is 9.78. The maximum atomic E-state index is 6.08. The predicted molar refractivity (Wildman–Crippen MR) is 209 cm³/mol. The first kappa shape index (κ1) is 41.6. The highest BCUT2D eigenvalue weighted by Crippen LogP contribution is 2.33. The standard InChI is InChI=1S/C45H72O6/c1-45(2,39-23-27-41(28-24-39)48-33-21-17-13-9-5-3-7-11-15-19-31-46-35-43-37-50-43)40-25-29-42(30-26-40)49-34-22-18-14-10-6-4-8-12-16-20-32-47-36-44-38-51-44/h23-30,43-44H,3-22,31-38H2,1-2H3. The number of rotatable bonds is 34. The maximum absolute atomic E-state index is 6.08. The van der Waals surface area contributed by atoms with Gasteiger partial charge in [-0.05, 0) is 61.1 Å². The van der Waals surface area contributed by atoms with Crippen LogP contribution in [0.15, 0.2) is 48.5 Å². The van der Waals surface area contributed by atoms with Crippen LogP contribution in [0.3, 0.4) is 0 Å². The van der Waals surface area contributed by atoms with E-state index in [1.54, 1.807) is 0 Å². The summed E-state index contributed by atoms with van der Waals surface area (Å²) in [6.07, 6.45) is 26.7. The van der Waals surface area contributed by atoms with E-state index < -0.39 is 0 Å². The first-order valence-electron chi connectivity index (χ1n) is 21.0. The lowest BCUT2D eigenvalue weighted by Gasteiger charge is -2.26. The van der Waals surface area contributed by atoms with E-state index in [0.29, 0.717) is 12.2 Å². The van der Waals surface area contributed by atoms with Gasteiger partial charge in [-0.15, -0.1) is 0 Å². The van der Waals surface area contributed by atoms with E-state index in [1.807, 2.05) is 0 Å². The van der Waals surface area contributed by atoms with E-state index in [2.05, 4.69) is 62.4 Å². The number of ether oxygens (including phenoxy) is 6. The molecule has 2 heterocycles. The van der Waals surface area contributed by atoms with Crippen LogP contribution in [0.5, 0.6) is 11.5 Å². The Hall–Kier alpha value is -2.12. The molecule has 0 aliphatic carbocycles. The van der Waals surface area contributed by atoms with E-state index >= 15 is 0 Å². The van der Waals surface area contributed by atoms with Gasteiger partial charge in [0.15, 0.2) is 0 Å². The number of benzene rings is 2. The zero-order valence-corrected chi connectivity index (χ0v) is 32.5. The third-order valence-electron chi connectivity index (χ3n) is 10.5. The molecule has 0 N–H and O–H groups in total. The average Bonchev–Trinajstić information content (AvgIpc) is 4.09.